The smallest absolute Gasteiger partial charge is 0.143 e. The first kappa shape index (κ1) is 15.3. The van der Waals surface area contributed by atoms with Gasteiger partial charge in [-0.25, -0.2) is 4.39 Å². The van der Waals surface area contributed by atoms with Crippen LogP contribution in [0.5, 0.6) is 5.75 Å². The molecule has 0 fully saturated rings. The first-order valence-electron chi connectivity index (χ1n) is 6.35. The number of methoxy groups -OCH3 is 1. The van der Waals surface area contributed by atoms with Gasteiger partial charge in [-0.2, -0.15) is 5.26 Å². The number of hydrogen-bond donors (Lipinski definition) is 1. The molecular formula is C16H14BrFN2O. The molecule has 5 heteroatoms. The Bertz CT molecular complexity index is 697. The van der Waals surface area contributed by atoms with Gasteiger partial charge in [-0.1, -0.05) is 28.1 Å². The average molecular weight is 349 g/mol. The minimum Gasteiger partial charge on any atom is -0.495 e. The molecule has 0 spiro atoms. The summed E-state index contributed by atoms with van der Waals surface area (Å²) < 4.78 is 19.9. The Morgan fingerprint density at radius 1 is 1.33 bits per heavy atom. The van der Waals surface area contributed by atoms with Gasteiger partial charge in [-0.05, 0) is 31.2 Å². The number of para-hydroxylation sites is 1. The number of ether oxygens (including phenoxy) is 1. The van der Waals surface area contributed by atoms with E-state index in [1.54, 1.807) is 30.3 Å². The lowest BCUT2D eigenvalue weighted by Gasteiger charge is -2.19. The second-order valence-electron chi connectivity index (χ2n) is 4.53. The number of benzene rings is 2. The number of hydrogen-bond acceptors (Lipinski definition) is 3. The number of nitrogens with zero attached hydrogens (tertiary/aromatic N) is 1. The van der Waals surface area contributed by atoms with Crippen molar-refractivity contribution < 1.29 is 9.13 Å². The highest BCUT2D eigenvalue weighted by atomic mass is 79.9. The summed E-state index contributed by atoms with van der Waals surface area (Å²) in [6.45, 7) is 1.83. The normalized spacial score (nSPS) is 11.6. The quantitative estimate of drug-likeness (QED) is 0.875. The number of nitriles is 1. The Hall–Kier alpha value is -2.06. The van der Waals surface area contributed by atoms with Gasteiger partial charge in [0.05, 0.1) is 24.4 Å². The lowest BCUT2D eigenvalue weighted by atomic mass is 10.1. The third-order valence-electron chi connectivity index (χ3n) is 3.16. The van der Waals surface area contributed by atoms with Crippen molar-refractivity contribution in [3.05, 3.63) is 57.8 Å². The summed E-state index contributed by atoms with van der Waals surface area (Å²) in [6, 6.07) is 11.9. The molecule has 108 valence electrons. The number of anilines is 1. The summed E-state index contributed by atoms with van der Waals surface area (Å²) in [4.78, 5) is 0. The highest BCUT2D eigenvalue weighted by Gasteiger charge is 2.15. The van der Waals surface area contributed by atoms with Crippen LogP contribution in [0.15, 0.2) is 40.9 Å². The van der Waals surface area contributed by atoms with Crippen molar-refractivity contribution >= 4 is 21.6 Å². The first-order chi connectivity index (χ1) is 10.1. The Balaban J connectivity index is 2.36. The van der Waals surface area contributed by atoms with Crippen molar-refractivity contribution in [1.82, 2.24) is 0 Å². The highest BCUT2D eigenvalue weighted by molar-refractivity contribution is 9.10. The zero-order chi connectivity index (χ0) is 15.4. The van der Waals surface area contributed by atoms with Crippen LogP contribution in [0.1, 0.15) is 24.1 Å². The van der Waals surface area contributed by atoms with E-state index < -0.39 is 0 Å². The van der Waals surface area contributed by atoms with Gasteiger partial charge in [-0.3, -0.25) is 0 Å². The first-order valence-corrected chi connectivity index (χ1v) is 7.14. The molecule has 0 bridgehead atoms. The predicted molar refractivity (Wildman–Crippen MR) is 83.8 cm³/mol. The largest absolute Gasteiger partial charge is 0.495 e. The fourth-order valence-electron chi connectivity index (χ4n) is 2.09. The van der Waals surface area contributed by atoms with E-state index in [0.29, 0.717) is 27.0 Å². The van der Waals surface area contributed by atoms with E-state index in [0.717, 1.165) is 0 Å². The fourth-order valence-corrected chi connectivity index (χ4v) is 2.42. The summed E-state index contributed by atoms with van der Waals surface area (Å²) in [7, 11) is 1.53. The summed E-state index contributed by atoms with van der Waals surface area (Å²) in [5, 5.41) is 12.3. The summed E-state index contributed by atoms with van der Waals surface area (Å²) in [5.74, 6) is 0.246. The highest BCUT2D eigenvalue weighted by Crippen LogP contribution is 2.32. The Morgan fingerprint density at radius 3 is 2.71 bits per heavy atom. The molecule has 21 heavy (non-hydrogen) atoms. The fraction of sp³-hybridized carbons (Fsp3) is 0.188. The summed E-state index contributed by atoms with van der Waals surface area (Å²) in [5.41, 5.74) is 1.55. The molecule has 0 aliphatic heterocycles. The van der Waals surface area contributed by atoms with Crippen LogP contribution < -0.4 is 10.1 Å². The molecule has 1 N–H and O–H groups in total. The van der Waals surface area contributed by atoms with Crippen molar-refractivity contribution in [2.45, 2.75) is 13.0 Å². The van der Waals surface area contributed by atoms with Gasteiger partial charge in [-0.15, -0.1) is 0 Å². The molecule has 2 aromatic rings. The Kier molecular flexibility index (Phi) is 4.81. The van der Waals surface area contributed by atoms with Crippen LogP contribution >= 0.6 is 15.9 Å². The van der Waals surface area contributed by atoms with E-state index in [1.165, 1.54) is 13.2 Å². The predicted octanol–water partition coefficient (Wildman–Crippen LogP) is 4.64. The molecule has 2 rings (SSSR count). The van der Waals surface area contributed by atoms with E-state index in [-0.39, 0.29) is 11.9 Å². The van der Waals surface area contributed by atoms with E-state index in [1.807, 2.05) is 6.92 Å². The average Bonchev–Trinajstić information content (AvgIpc) is 2.47. The van der Waals surface area contributed by atoms with Gasteiger partial charge in [0, 0.05) is 10.0 Å². The topological polar surface area (TPSA) is 45.0 Å². The Morgan fingerprint density at radius 2 is 2.10 bits per heavy atom. The minimum atomic E-state index is -0.308. The van der Waals surface area contributed by atoms with Gasteiger partial charge >= 0.3 is 0 Å². The molecule has 0 heterocycles. The lowest BCUT2D eigenvalue weighted by Crippen LogP contribution is -2.10. The van der Waals surface area contributed by atoms with Crippen molar-refractivity contribution in [3.8, 4) is 11.8 Å². The molecule has 2 aromatic carbocycles. The van der Waals surface area contributed by atoms with Crippen molar-refractivity contribution in [1.29, 1.82) is 5.26 Å². The molecule has 0 amide bonds. The number of nitrogens with one attached hydrogen (secondary N) is 1. The van der Waals surface area contributed by atoms with Gasteiger partial charge < -0.3 is 10.1 Å². The van der Waals surface area contributed by atoms with Gasteiger partial charge in [0.2, 0.25) is 0 Å². The molecule has 0 aromatic heterocycles. The van der Waals surface area contributed by atoms with Crippen molar-refractivity contribution in [2.24, 2.45) is 0 Å². The minimum absolute atomic E-state index is 0.304. The van der Waals surface area contributed by atoms with Gasteiger partial charge in [0.25, 0.3) is 0 Å². The second kappa shape index (κ2) is 6.59. The lowest BCUT2D eigenvalue weighted by molar-refractivity contribution is 0.416. The van der Waals surface area contributed by atoms with E-state index in [4.69, 9.17) is 4.74 Å². The number of rotatable bonds is 4. The van der Waals surface area contributed by atoms with Gasteiger partial charge in [0.1, 0.15) is 17.6 Å². The molecule has 0 aliphatic rings. The maximum atomic E-state index is 14.0. The van der Waals surface area contributed by atoms with E-state index in [2.05, 4.69) is 27.3 Å². The third-order valence-corrected chi connectivity index (χ3v) is 3.65. The monoisotopic (exact) mass is 348 g/mol. The molecule has 1 unspecified atom stereocenters. The maximum absolute atomic E-state index is 14.0. The second-order valence-corrected chi connectivity index (χ2v) is 5.44. The molecule has 3 nitrogen and oxygen atoms in total. The summed E-state index contributed by atoms with van der Waals surface area (Å²) >= 11 is 3.23. The van der Waals surface area contributed by atoms with Crippen LogP contribution in [0.2, 0.25) is 0 Å². The van der Waals surface area contributed by atoms with Gasteiger partial charge in [0.15, 0.2) is 0 Å². The molecule has 0 radical (unpaired) electrons. The van der Waals surface area contributed by atoms with E-state index >= 15 is 0 Å². The maximum Gasteiger partial charge on any atom is 0.143 e. The van der Waals surface area contributed by atoms with Crippen LogP contribution in [0.4, 0.5) is 10.1 Å². The van der Waals surface area contributed by atoms with Crippen LogP contribution in [0.25, 0.3) is 0 Å². The number of halogens is 2. The zero-order valence-corrected chi connectivity index (χ0v) is 13.2. The van der Waals surface area contributed by atoms with Crippen molar-refractivity contribution in [3.63, 3.8) is 0 Å². The third kappa shape index (κ3) is 3.34. The molecule has 1 atom stereocenters. The van der Waals surface area contributed by atoms with E-state index in [9.17, 15) is 9.65 Å². The molecule has 0 aliphatic carbocycles. The molecule has 0 saturated heterocycles. The zero-order valence-electron chi connectivity index (χ0n) is 11.7. The van der Waals surface area contributed by atoms with Crippen LogP contribution in [0, 0.1) is 17.1 Å². The van der Waals surface area contributed by atoms with Crippen LogP contribution in [-0.4, -0.2) is 7.11 Å². The summed E-state index contributed by atoms with van der Waals surface area (Å²) in [6.07, 6.45) is 0. The standard InChI is InChI=1S/C16H14BrFN2O/c1-10(13-7-6-12(17)8-14(13)18)20-16-11(9-19)4-3-5-15(16)21-2/h3-8,10,20H,1-2H3. The Labute approximate surface area is 131 Å². The van der Waals surface area contributed by atoms with Crippen LogP contribution in [0.3, 0.4) is 0 Å². The van der Waals surface area contributed by atoms with Crippen LogP contribution in [-0.2, 0) is 0 Å². The molecular weight excluding hydrogens is 335 g/mol. The SMILES string of the molecule is COc1cccc(C#N)c1NC(C)c1ccc(Br)cc1F. The van der Waals surface area contributed by atoms with Crippen molar-refractivity contribution in [2.75, 3.05) is 12.4 Å². The molecule has 0 saturated carbocycles.